The van der Waals surface area contributed by atoms with Crippen LogP contribution in [0, 0.1) is 0 Å². The highest BCUT2D eigenvalue weighted by Crippen LogP contribution is 2.38. The van der Waals surface area contributed by atoms with Crippen LogP contribution in [0.3, 0.4) is 0 Å². The van der Waals surface area contributed by atoms with Crippen molar-refractivity contribution in [1.29, 1.82) is 0 Å². The molecular formula is C19H18F3N3O3. The maximum absolute atomic E-state index is 13.4. The van der Waals surface area contributed by atoms with Gasteiger partial charge in [-0.2, -0.15) is 18.2 Å². The van der Waals surface area contributed by atoms with Gasteiger partial charge >= 0.3 is 11.9 Å². The largest absolute Gasteiger partial charge is 0.496 e. The van der Waals surface area contributed by atoms with Gasteiger partial charge < -0.3 is 15.2 Å². The van der Waals surface area contributed by atoms with Crippen LogP contribution >= 0.6 is 0 Å². The lowest BCUT2D eigenvalue weighted by atomic mass is 10.1. The summed E-state index contributed by atoms with van der Waals surface area (Å²) in [5.74, 6) is -0.0474. The highest BCUT2D eigenvalue weighted by atomic mass is 19.4. The van der Waals surface area contributed by atoms with Gasteiger partial charge in [-0.1, -0.05) is 18.2 Å². The van der Waals surface area contributed by atoms with Gasteiger partial charge in [-0.25, -0.2) is 4.79 Å². The van der Waals surface area contributed by atoms with Crippen molar-refractivity contribution in [1.82, 2.24) is 9.55 Å². The van der Waals surface area contributed by atoms with Gasteiger partial charge in [0.1, 0.15) is 11.6 Å². The fourth-order valence-electron chi connectivity index (χ4n) is 2.84. The van der Waals surface area contributed by atoms with Gasteiger partial charge in [0.25, 0.3) is 0 Å². The molecule has 0 aliphatic carbocycles. The fraction of sp³-hybridized carbons (Fsp3) is 0.263. The van der Waals surface area contributed by atoms with E-state index < -0.39 is 23.5 Å². The van der Waals surface area contributed by atoms with Gasteiger partial charge in [-0.15, -0.1) is 0 Å². The number of aliphatic hydroxyl groups is 1. The van der Waals surface area contributed by atoms with E-state index in [4.69, 9.17) is 4.74 Å². The van der Waals surface area contributed by atoms with E-state index in [1.54, 1.807) is 30.3 Å². The molecule has 1 aromatic heterocycles. The molecule has 0 unspecified atom stereocenters. The topological polar surface area (TPSA) is 76.4 Å². The van der Waals surface area contributed by atoms with E-state index in [0.29, 0.717) is 5.69 Å². The number of anilines is 1. The summed E-state index contributed by atoms with van der Waals surface area (Å²) in [5, 5.41) is 12.5. The van der Waals surface area contributed by atoms with Crippen molar-refractivity contribution in [3.63, 3.8) is 0 Å². The standard InChI is InChI=1S/C19H18F3N3O3/c1-11(26)10-23-17-16-14(8-12(19(20,21)22)9-15(16)28-2)25(18(27)24-17)13-6-4-3-5-7-13/h3-9,11,26H,10H2,1-2H3,(H,23,24,27)/t11-/m0/s1. The SMILES string of the molecule is COc1cc(C(F)(F)F)cc2c1c(NC[C@H](C)O)nc(=O)n2-c1ccccc1. The number of halogens is 3. The highest BCUT2D eigenvalue weighted by molar-refractivity contribution is 5.96. The molecular weight excluding hydrogens is 375 g/mol. The number of nitrogens with zero attached hydrogens (tertiary/aromatic N) is 2. The fourth-order valence-corrected chi connectivity index (χ4v) is 2.84. The lowest BCUT2D eigenvalue weighted by Crippen LogP contribution is -2.26. The Morgan fingerprint density at radius 1 is 1.25 bits per heavy atom. The summed E-state index contributed by atoms with van der Waals surface area (Å²) in [6, 6.07) is 10.00. The normalized spacial score (nSPS) is 12.8. The van der Waals surface area contributed by atoms with E-state index in [2.05, 4.69) is 10.3 Å². The average molecular weight is 393 g/mol. The summed E-state index contributed by atoms with van der Waals surface area (Å²) < 4.78 is 46.5. The third-order valence-electron chi connectivity index (χ3n) is 4.08. The zero-order valence-corrected chi connectivity index (χ0v) is 15.1. The van der Waals surface area contributed by atoms with Crippen LogP contribution in [0.5, 0.6) is 5.75 Å². The molecule has 0 radical (unpaired) electrons. The maximum atomic E-state index is 13.4. The smallest absolute Gasteiger partial charge is 0.416 e. The Hall–Kier alpha value is -3.07. The van der Waals surface area contributed by atoms with E-state index in [-0.39, 0.29) is 29.0 Å². The van der Waals surface area contributed by atoms with Crippen LogP contribution in [0.2, 0.25) is 0 Å². The Bertz CT molecular complexity index is 1050. The Balaban J connectivity index is 2.41. The lowest BCUT2D eigenvalue weighted by molar-refractivity contribution is -0.137. The number of fused-ring (bicyclic) bond motifs is 1. The van der Waals surface area contributed by atoms with Crippen LogP contribution in [0.1, 0.15) is 12.5 Å². The second-order valence-corrected chi connectivity index (χ2v) is 6.21. The number of ether oxygens (including phenoxy) is 1. The van der Waals surface area contributed by atoms with E-state index >= 15 is 0 Å². The first-order valence-electron chi connectivity index (χ1n) is 8.41. The number of aliphatic hydroxyl groups excluding tert-OH is 1. The first-order valence-corrected chi connectivity index (χ1v) is 8.41. The summed E-state index contributed by atoms with van der Waals surface area (Å²) in [7, 11) is 1.24. The molecule has 2 aromatic carbocycles. The van der Waals surface area contributed by atoms with Gasteiger partial charge in [0.15, 0.2) is 0 Å². The molecule has 0 aliphatic rings. The number of aromatic nitrogens is 2. The van der Waals surface area contributed by atoms with Crippen LogP contribution in [-0.2, 0) is 6.18 Å². The number of rotatable bonds is 5. The zero-order chi connectivity index (χ0) is 20.5. The summed E-state index contributed by atoms with van der Waals surface area (Å²) >= 11 is 0. The summed E-state index contributed by atoms with van der Waals surface area (Å²) in [4.78, 5) is 16.7. The monoisotopic (exact) mass is 393 g/mol. The molecule has 28 heavy (non-hydrogen) atoms. The van der Waals surface area contributed by atoms with Crippen molar-refractivity contribution < 1.29 is 23.0 Å². The van der Waals surface area contributed by atoms with Crippen molar-refractivity contribution >= 4 is 16.7 Å². The Morgan fingerprint density at radius 2 is 1.93 bits per heavy atom. The quantitative estimate of drug-likeness (QED) is 0.696. The van der Waals surface area contributed by atoms with Crippen LogP contribution in [0.15, 0.2) is 47.3 Å². The van der Waals surface area contributed by atoms with Gasteiger partial charge in [-0.05, 0) is 31.2 Å². The van der Waals surface area contributed by atoms with Crippen molar-refractivity contribution in [3.8, 4) is 11.4 Å². The Morgan fingerprint density at radius 3 is 2.50 bits per heavy atom. The van der Waals surface area contributed by atoms with Crippen molar-refractivity contribution in [2.45, 2.75) is 19.2 Å². The third kappa shape index (κ3) is 3.79. The predicted octanol–water partition coefficient (Wildman–Crippen LogP) is 3.21. The minimum atomic E-state index is -4.63. The molecule has 9 heteroatoms. The van der Waals surface area contributed by atoms with E-state index in [1.165, 1.54) is 14.0 Å². The third-order valence-corrected chi connectivity index (χ3v) is 4.08. The van der Waals surface area contributed by atoms with Crippen LogP contribution in [-0.4, -0.2) is 34.4 Å². The molecule has 0 bridgehead atoms. The maximum Gasteiger partial charge on any atom is 0.416 e. The van der Waals surface area contributed by atoms with Gasteiger partial charge in [-0.3, -0.25) is 4.57 Å². The van der Waals surface area contributed by atoms with E-state index in [9.17, 15) is 23.1 Å². The van der Waals surface area contributed by atoms with Gasteiger partial charge in [0, 0.05) is 6.54 Å². The molecule has 3 rings (SSSR count). The molecule has 148 valence electrons. The van der Waals surface area contributed by atoms with Crippen molar-refractivity contribution in [3.05, 3.63) is 58.5 Å². The van der Waals surface area contributed by atoms with Crippen LogP contribution in [0.4, 0.5) is 19.0 Å². The van der Waals surface area contributed by atoms with E-state index in [0.717, 1.165) is 16.7 Å². The minimum Gasteiger partial charge on any atom is -0.496 e. The molecule has 0 amide bonds. The molecule has 0 aliphatic heterocycles. The number of nitrogens with one attached hydrogen (secondary N) is 1. The molecule has 0 spiro atoms. The summed E-state index contributed by atoms with van der Waals surface area (Å²) in [6.45, 7) is 1.58. The summed E-state index contributed by atoms with van der Waals surface area (Å²) in [6.07, 6.45) is -5.39. The molecule has 3 aromatic rings. The Labute approximate surface area is 158 Å². The van der Waals surface area contributed by atoms with Gasteiger partial charge in [0.2, 0.25) is 0 Å². The minimum absolute atomic E-state index is 0.00836. The van der Waals surface area contributed by atoms with E-state index in [1.807, 2.05) is 0 Å². The first kappa shape index (κ1) is 19.7. The number of benzene rings is 2. The lowest BCUT2D eigenvalue weighted by Gasteiger charge is -2.18. The van der Waals surface area contributed by atoms with Crippen LogP contribution < -0.4 is 15.7 Å². The number of methoxy groups -OCH3 is 1. The number of para-hydroxylation sites is 1. The van der Waals surface area contributed by atoms with Crippen molar-refractivity contribution in [2.75, 3.05) is 19.0 Å². The molecule has 2 N–H and O–H groups in total. The molecule has 0 saturated heterocycles. The molecule has 0 saturated carbocycles. The van der Waals surface area contributed by atoms with Crippen molar-refractivity contribution in [2.24, 2.45) is 0 Å². The molecule has 1 heterocycles. The second-order valence-electron chi connectivity index (χ2n) is 6.21. The first-order chi connectivity index (χ1) is 13.2. The average Bonchev–Trinajstić information content (AvgIpc) is 2.64. The molecule has 6 nitrogen and oxygen atoms in total. The summed E-state index contributed by atoms with van der Waals surface area (Å²) in [5.41, 5.74) is -1.35. The second kappa shape index (κ2) is 7.51. The number of alkyl halides is 3. The Kier molecular flexibility index (Phi) is 5.28. The molecule has 0 fully saturated rings. The highest BCUT2D eigenvalue weighted by Gasteiger charge is 2.33. The van der Waals surface area contributed by atoms with Crippen LogP contribution in [0.25, 0.3) is 16.6 Å². The molecule has 1 atom stereocenters. The van der Waals surface area contributed by atoms with Gasteiger partial charge in [0.05, 0.1) is 35.4 Å². The number of hydrogen-bond donors (Lipinski definition) is 2. The zero-order valence-electron chi connectivity index (χ0n) is 15.1. The predicted molar refractivity (Wildman–Crippen MR) is 99.1 cm³/mol. The number of hydrogen-bond acceptors (Lipinski definition) is 5.